The van der Waals surface area contributed by atoms with Crippen molar-refractivity contribution in [3.8, 4) is 0 Å². The Bertz CT molecular complexity index is 488. The summed E-state index contributed by atoms with van der Waals surface area (Å²) in [4.78, 5) is 14.1. The highest BCUT2D eigenvalue weighted by atomic mass is 16.5. The van der Waals surface area contributed by atoms with Gasteiger partial charge in [-0.25, -0.2) is 4.79 Å². The van der Waals surface area contributed by atoms with Gasteiger partial charge in [-0.15, -0.1) is 0 Å². The topological polar surface area (TPSA) is 75.1 Å². The summed E-state index contributed by atoms with van der Waals surface area (Å²) in [6.45, 7) is 3.84. The molecule has 0 radical (unpaired) electrons. The van der Waals surface area contributed by atoms with Crippen molar-refractivity contribution in [1.29, 1.82) is 0 Å². The Morgan fingerprint density at radius 3 is 2.82 bits per heavy atom. The standard InChI is InChI=1S/C12H13N3O2/c1-3-17-12(16)11(14-15-13)8-10-7-5-4-6-9(10)2/h4-8H,3H2,1-2H3/b11-8-. The fourth-order valence-corrected chi connectivity index (χ4v) is 1.28. The summed E-state index contributed by atoms with van der Waals surface area (Å²) in [5.74, 6) is -0.617. The molecule has 0 aliphatic carbocycles. The third kappa shape index (κ3) is 3.66. The molecule has 0 saturated heterocycles. The van der Waals surface area contributed by atoms with Crippen LogP contribution in [0.25, 0.3) is 16.5 Å². The first-order chi connectivity index (χ1) is 8.19. The van der Waals surface area contributed by atoms with Gasteiger partial charge in [0.05, 0.1) is 6.61 Å². The molecular formula is C12H13N3O2. The maximum Gasteiger partial charge on any atom is 0.340 e. The molecule has 1 aromatic carbocycles. The number of esters is 1. The molecule has 0 aromatic heterocycles. The van der Waals surface area contributed by atoms with Gasteiger partial charge in [-0.2, -0.15) is 0 Å². The fraction of sp³-hybridized carbons (Fsp3) is 0.250. The minimum atomic E-state index is -0.617. The molecule has 1 aromatic rings. The van der Waals surface area contributed by atoms with E-state index >= 15 is 0 Å². The molecule has 0 bridgehead atoms. The largest absolute Gasteiger partial charge is 0.462 e. The first-order valence-electron chi connectivity index (χ1n) is 5.18. The van der Waals surface area contributed by atoms with Crippen LogP contribution in [0.5, 0.6) is 0 Å². The third-order valence-electron chi connectivity index (χ3n) is 2.12. The lowest BCUT2D eigenvalue weighted by Gasteiger charge is -2.03. The Kier molecular flexibility index (Phi) is 4.78. The number of benzene rings is 1. The predicted molar refractivity (Wildman–Crippen MR) is 64.9 cm³/mol. The van der Waals surface area contributed by atoms with Gasteiger partial charge < -0.3 is 4.74 Å². The molecule has 1 rings (SSSR count). The zero-order valence-electron chi connectivity index (χ0n) is 9.75. The molecule has 0 heterocycles. The number of carbonyl (C=O) groups is 1. The van der Waals surface area contributed by atoms with Crippen molar-refractivity contribution in [3.05, 3.63) is 51.5 Å². The third-order valence-corrected chi connectivity index (χ3v) is 2.12. The smallest absolute Gasteiger partial charge is 0.340 e. The van der Waals surface area contributed by atoms with Gasteiger partial charge in [-0.3, -0.25) is 0 Å². The normalized spacial score (nSPS) is 10.6. The molecule has 0 amide bonds. The summed E-state index contributed by atoms with van der Waals surface area (Å²) >= 11 is 0. The van der Waals surface area contributed by atoms with Gasteiger partial charge in [-0.05, 0) is 36.6 Å². The average Bonchev–Trinajstić information content (AvgIpc) is 2.31. The summed E-state index contributed by atoms with van der Waals surface area (Å²) in [6, 6.07) is 7.48. The van der Waals surface area contributed by atoms with Crippen LogP contribution in [0.4, 0.5) is 0 Å². The van der Waals surface area contributed by atoms with Gasteiger partial charge in [0, 0.05) is 4.91 Å². The number of azide groups is 1. The van der Waals surface area contributed by atoms with Crippen LogP contribution in [0.2, 0.25) is 0 Å². The van der Waals surface area contributed by atoms with Gasteiger partial charge in [0.25, 0.3) is 0 Å². The van der Waals surface area contributed by atoms with Crippen LogP contribution in [0, 0.1) is 6.92 Å². The summed E-state index contributed by atoms with van der Waals surface area (Å²) < 4.78 is 4.80. The van der Waals surface area contributed by atoms with Gasteiger partial charge in [0.15, 0.2) is 0 Å². The minimum absolute atomic E-state index is 0.0383. The summed E-state index contributed by atoms with van der Waals surface area (Å²) in [6.07, 6.45) is 1.52. The zero-order chi connectivity index (χ0) is 12.7. The highest BCUT2D eigenvalue weighted by molar-refractivity contribution is 5.93. The van der Waals surface area contributed by atoms with E-state index in [0.717, 1.165) is 11.1 Å². The number of hydrogen-bond acceptors (Lipinski definition) is 3. The number of ether oxygens (including phenoxy) is 1. The molecule has 0 unspecified atom stereocenters. The van der Waals surface area contributed by atoms with E-state index in [1.807, 2.05) is 31.2 Å². The molecule has 0 fully saturated rings. The Labute approximate surface area is 99.3 Å². The minimum Gasteiger partial charge on any atom is -0.462 e. The van der Waals surface area contributed by atoms with Crippen molar-refractivity contribution in [2.45, 2.75) is 13.8 Å². The number of carbonyl (C=O) groups excluding carboxylic acids is 1. The predicted octanol–water partition coefficient (Wildman–Crippen LogP) is 3.21. The fourth-order valence-electron chi connectivity index (χ4n) is 1.28. The lowest BCUT2D eigenvalue weighted by molar-refractivity contribution is -0.138. The monoisotopic (exact) mass is 231 g/mol. The van der Waals surface area contributed by atoms with E-state index in [1.54, 1.807) is 6.92 Å². The van der Waals surface area contributed by atoms with E-state index in [9.17, 15) is 4.79 Å². The van der Waals surface area contributed by atoms with Crippen LogP contribution in [-0.4, -0.2) is 12.6 Å². The van der Waals surface area contributed by atoms with Crippen LogP contribution >= 0.6 is 0 Å². The van der Waals surface area contributed by atoms with Crippen molar-refractivity contribution >= 4 is 12.0 Å². The van der Waals surface area contributed by atoms with Crippen LogP contribution in [0.1, 0.15) is 18.1 Å². The molecule has 17 heavy (non-hydrogen) atoms. The molecule has 0 aliphatic heterocycles. The molecule has 0 atom stereocenters. The van der Waals surface area contributed by atoms with Gasteiger partial charge >= 0.3 is 5.97 Å². The van der Waals surface area contributed by atoms with Crippen molar-refractivity contribution < 1.29 is 9.53 Å². The Balaban J connectivity index is 3.11. The Hall–Kier alpha value is -2.26. The maximum atomic E-state index is 11.5. The van der Waals surface area contributed by atoms with Crippen molar-refractivity contribution in [2.24, 2.45) is 5.11 Å². The molecular weight excluding hydrogens is 218 g/mol. The van der Waals surface area contributed by atoms with Crippen molar-refractivity contribution in [1.82, 2.24) is 0 Å². The van der Waals surface area contributed by atoms with Gasteiger partial charge in [0.2, 0.25) is 0 Å². The van der Waals surface area contributed by atoms with E-state index in [4.69, 9.17) is 10.3 Å². The molecule has 88 valence electrons. The van der Waals surface area contributed by atoms with Crippen LogP contribution < -0.4 is 0 Å². The number of nitrogens with zero attached hydrogens (tertiary/aromatic N) is 3. The second kappa shape index (κ2) is 6.35. The van der Waals surface area contributed by atoms with Gasteiger partial charge in [0.1, 0.15) is 5.70 Å². The number of aryl methyl sites for hydroxylation is 1. The van der Waals surface area contributed by atoms with E-state index in [2.05, 4.69) is 10.0 Å². The highest BCUT2D eigenvalue weighted by Crippen LogP contribution is 2.13. The molecule has 5 nitrogen and oxygen atoms in total. The quantitative estimate of drug-likeness (QED) is 0.262. The second-order valence-electron chi connectivity index (χ2n) is 3.30. The Morgan fingerprint density at radius 1 is 1.53 bits per heavy atom. The lowest BCUT2D eigenvalue weighted by atomic mass is 10.1. The van der Waals surface area contributed by atoms with Crippen molar-refractivity contribution in [2.75, 3.05) is 6.61 Å². The molecule has 5 heteroatoms. The first kappa shape index (κ1) is 12.8. The number of rotatable bonds is 4. The summed E-state index contributed by atoms with van der Waals surface area (Å²) in [5.41, 5.74) is 10.2. The lowest BCUT2D eigenvalue weighted by Crippen LogP contribution is -2.05. The van der Waals surface area contributed by atoms with E-state index in [1.165, 1.54) is 6.08 Å². The highest BCUT2D eigenvalue weighted by Gasteiger charge is 2.08. The summed E-state index contributed by atoms with van der Waals surface area (Å²) in [5, 5.41) is 3.35. The zero-order valence-corrected chi connectivity index (χ0v) is 9.75. The second-order valence-corrected chi connectivity index (χ2v) is 3.30. The molecule has 0 aliphatic rings. The van der Waals surface area contributed by atoms with Gasteiger partial charge in [-0.1, -0.05) is 29.4 Å². The average molecular weight is 231 g/mol. The van der Waals surface area contributed by atoms with Crippen LogP contribution in [0.3, 0.4) is 0 Å². The SMILES string of the molecule is CCOC(=O)/C(=C/c1ccccc1C)N=[N+]=[N-]. The molecule has 0 saturated carbocycles. The first-order valence-corrected chi connectivity index (χ1v) is 5.18. The molecule has 0 N–H and O–H groups in total. The van der Waals surface area contributed by atoms with Crippen molar-refractivity contribution in [3.63, 3.8) is 0 Å². The van der Waals surface area contributed by atoms with E-state index in [-0.39, 0.29) is 12.3 Å². The molecule has 0 spiro atoms. The Morgan fingerprint density at radius 2 is 2.24 bits per heavy atom. The summed E-state index contributed by atoms with van der Waals surface area (Å²) in [7, 11) is 0. The maximum absolute atomic E-state index is 11.5. The van der Waals surface area contributed by atoms with E-state index in [0.29, 0.717) is 0 Å². The number of hydrogen-bond donors (Lipinski definition) is 0. The van der Waals surface area contributed by atoms with E-state index < -0.39 is 5.97 Å². The van der Waals surface area contributed by atoms with Crippen LogP contribution in [0.15, 0.2) is 35.1 Å². The van der Waals surface area contributed by atoms with Crippen LogP contribution in [-0.2, 0) is 9.53 Å².